The summed E-state index contributed by atoms with van der Waals surface area (Å²) in [5, 5.41) is 9.28. The Kier molecular flexibility index (Phi) is 8.32. The van der Waals surface area contributed by atoms with Gasteiger partial charge in [-0.1, -0.05) is 44.1 Å². The lowest BCUT2D eigenvalue weighted by atomic mass is 10.0. The van der Waals surface area contributed by atoms with Crippen LogP contribution in [0, 0.1) is 0 Å². The highest BCUT2D eigenvalue weighted by molar-refractivity contribution is 5.11. The summed E-state index contributed by atoms with van der Waals surface area (Å²) < 4.78 is 0. The van der Waals surface area contributed by atoms with Gasteiger partial charge < -0.3 is 10.0 Å². The van der Waals surface area contributed by atoms with Gasteiger partial charge in [0, 0.05) is 6.54 Å². The van der Waals surface area contributed by atoms with Crippen molar-refractivity contribution < 1.29 is 5.11 Å². The van der Waals surface area contributed by atoms with E-state index in [4.69, 9.17) is 0 Å². The van der Waals surface area contributed by atoms with Gasteiger partial charge in [-0.15, -0.1) is 0 Å². The van der Waals surface area contributed by atoms with E-state index in [0.717, 1.165) is 13.0 Å². The Balaban J connectivity index is 2.25. The van der Waals surface area contributed by atoms with Crippen LogP contribution in [-0.4, -0.2) is 29.2 Å². The maximum Gasteiger partial charge on any atom is 0.0634 e. The Morgan fingerprint density at radius 1 is 1.17 bits per heavy atom. The molecule has 1 heterocycles. The zero-order valence-corrected chi connectivity index (χ0v) is 11.6. The molecular weight excluding hydrogens is 222 g/mol. The number of rotatable bonds is 7. The average molecular weight is 249 g/mol. The Bertz CT molecular complexity index is 281. The van der Waals surface area contributed by atoms with Gasteiger partial charge in [0.25, 0.3) is 0 Å². The third-order valence-electron chi connectivity index (χ3n) is 3.35. The van der Waals surface area contributed by atoms with Gasteiger partial charge in [-0.05, 0) is 38.0 Å². The summed E-state index contributed by atoms with van der Waals surface area (Å²) in [6.45, 7) is 3.55. The van der Waals surface area contributed by atoms with E-state index in [-0.39, 0.29) is 6.61 Å². The molecule has 0 aromatic heterocycles. The summed E-state index contributed by atoms with van der Waals surface area (Å²) >= 11 is 0. The van der Waals surface area contributed by atoms with Crippen molar-refractivity contribution in [3.63, 3.8) is 0 Å². The predicted octanol–water partition coefficient (Wildman–Crippen LogP) is 3.65. The molecule has 18 heavy (non-hydrogen) atoms. The molecule has 2 heteroatoms. The number of hydrogen-bond acceptors (Lipinski definition) is 2. The van der Waals surface area contributed by atoms with Crippen molar-refractivity contribution in [1.29, 1.82) is 0 Å². The van der Waals surface area contributed by atoms with E-state index in [1.807, 2.05) is 0 Å². The molecule has 0 aromatic rings. The van der Waals surface area contributed by atoms with Gasteiger partial charge in [-0.25, -0.2) is 0 Å². The summed E-state index contributed by atoms with van der Waals surface area (Å²) in [6.07, 6.45) is 19.9. The molecule has 0 spiro atoms. The van der Waals surface area contributed by atoms with E-state index in [9.17, 15) is 5.11 Å². The zero-order chi connectivity index (χ0) is 13.1. The summed E-state index contributed by atoms with van der Waals surface area (Å²) in [5.74, 6) is 0. The van der Waals surface area contributed by atoms with Crippen LogP contribution in [0.1, 0.15) is 45.4 Å². The van der Waals surface area contributed by atoms with E-state index < -0.39 is 0 Å². The first kappa shape index (κ1) is 15.0. The highest BCUT2D eigenvalue weighted by Gasteiger charge is 2.17. The fourth-order valence-corrected chi connectivity index (χ4v) is 2.20. The summed E-state index contributed by atoms with van der Waals surface area (Å²) in [7, 11) is 0. The molecule has 1 aliphatic heterocycles. The largest absolute Gasteiger partial charge is 0.394 e. The summed E-state index contributed by atoms with van der Waals surface area (Å²) in [6, 6.07) is 0.323. The molecule has 0 amide bonds. The minimum Gasteiger partial charge on any atom is -0.394 e. The van der Waals surface area contributed by atoms with Crippen molar-refractivity contribution in [1.82, 2.24) is 4.90 Å². The molecule has 1 fully saturated rings. The summed E-state index contributed by atoms with van der Waals surface area (Å²) in [4.78, 5) is 2.26. The van der Waals surface area contributed by atoms with Gasteiger partial charge in [0.2, 0.25) is 0 Å². The van der Waals surface area contributed by atoms with Gasteiger partial charge in [0.05, 0.1) is 12.6 Å². The van der Waals surface area contributed by atoms with E-state index in [1.165, 1.54) is 32.1 Å². The van der Waals surface area contributed by atoms with Crippen molar-refractivity contribution in [3.05, 3.63) is 36.6 Å². The first-order chi connectivity index (χ1) is 8.88. The maximum absolute atomic E-state index is 9.28. The van der Waals surface area contributed by atoms with Crippen LogP contribution in [0.5, 0.6) is 0 Å². The molecule has 0 radical (unpaired) electrons. The second-order valence-electron chi connectivity index (χ2n) is 4.87. The number of likely N-dealkylation sites (tertiary alicyclic amines) is 1. The van der Waals surface area contributed by atoms with Crippen molar-refractivity contribution in [2.75, 3.05) is 13.2 Å². The van der Waals surface area contributed by atoms with Crippen LogP contribution in [0.25, 0.3) is 0 Å². The standard InChI is InChI=1S/C16H27NO/c1-2-3-4-5-6-7-8-10-13-17-14-11-9-12-16(17)15-18/h5-8,10,13,16,18H,2-4,9,11-12,14-15H2,1H3/b6-5+,8-7+,13-10+/t16-/m1/s1. The topological polar surface area (TPSA) is 23.5 Å². The van der Waals surface area contributed by atoms with Gasteiger partial charge >= 0.3 is 0 Å². The van der Waals surface area contributed by atoms with Crippen LogP contribution in [0.4, 0.5) is 0 Å². The molecule has 0 saturated carbocycles. The van der Waals surface area contributed by atoms with E-state index in [0.29, 0.717) is 6.04 Å². The smallest absolute Gasteiger partial charge is 0.0634 e. The van der Waals surface area contributed by atoms with Crippen LogP contribution in [0.3, 0.4) is 0 Å². The number of aliphatic hydroxyl groups is 1. The molecule has 1 atom stereocenters. The molecule has 0 unspecified atom stereocenters. The molecule has 1 N–H and O–H groups in total. The SMILES string of the molecule is CCCC/C=C/C=C/C=C/N1CCCC[C@@H]1CO. The highest BCUT2D eigenvalue weighted by Crippen LogP contribution is 2.16. The molecular formula is C16H27NO. The minimum atomic E-state index is 0.269. The number of unbranched alkanes of at least 4 members (excludes halogenated alkanes) is 2. The lowest BCUT2D eigenvalue weighted by Gasteiger charge is -2.33. The monoisotopic (exact) mass is 249 g/mol. The third kappa shape index (κ3) is 6.06. The van der Waals surface area contributed by atoms with E-state index in [1.54, 1.807) is 0 Å². The second-order valence-corrected chi connectivity index (χ2v) is 4.87. The Labute approximate surface area is 112 Å². The maximum atomic E-state index is 9.28. The molecule has 1 saturated heterocycles. The Morgan fingerprint density at radius 2 is 2.00 bits per heavy atom. The van der Waals surface area contributed by atoms with Crippen molar-refractivity contribution >= 4 is 0 Å². The first-order valence-corrected chi connectivity index (χ1v) is 7.25. The lowest BCUT2D eigenvalue weighted by Crippen LogP contribution is -2.37. The predicted molar refractivity (Wildman–Crippen MR) is 78.4 cm³/mol. The van der Waals surface area contributed by atoms with Crippen molar-refractivity contribution in [3.8, 4) is 0 Å². The van der Waals surface area contributed by atoms with Gasteiger partial charge in [0.1, 0.15) is 0 Å². The van der Waals surface area contributed by atoms with Crippen LogP contribution < -0.4 is 0 Å². The minimum absolute atomic E-state index is 0.269. The number of aliphatic hydroxyl groups excluding tert-OH is 1. The van der Waals surface area contributed by atoms with Crippen LogP contribution in [0.2, 0.25) is 0 Å². The number of nitrogens with zero attached hydrogens (tertiary/aromatic N) is 1. The Hall–Kier alpha value is -1.02. The molecule has 2 nitrogen and oxygen atoms in total. The zero-order valence-electron chi connectivity index (χ0n) is 11.6. The number of piperidine rings is 1. The third-order valence-corrected chi connectivity index (χ3v) is 3.35. The fourth-order valence-electron chi connectivity index (χ4n) is 2.20. The molecule has 1 aliphatic rings. The quantitative estimate of drug-likeness (QED) is 0.550. The van der Waals surface area contributed by atoms with E-state index >= 15 is 0 Å². The Morgan fingerprint density at radius 3 is 2.78 bits per heavy atom. The van der Waals surface area contributed by atoms with E-state index in [2.05, 4.69) is 48.4 Å². The molecule has 0 aliphatic carbocycles. The van der Waals surface area contributed by atoms with Crippen LogP contribution in [0.15, 0.2) is 36.6 Å². The lowest BCUT2D eigenvalue weighted by molar-refractivity contribution is 0.131. The summed E-state index contributed by atoms with van der Waals surface area (Å²) in [5.41, 5.74) is 0. The van der Waals surface area contributed by atoms with Crippen LogP contribution in [-0.2, 0) is 0 Å². The fraction of sp³-hybridized carbons (Fsp3) is 0.625. The first-order valence-electron chi connectivity index (χ1n) is 7.25. The van der Waals surface area contributed by atoms with Crippen molar-refractivity contribution in [2.45, 2.75) is 51.5 Å². The van der Waals surface area contributed by atoms with Crippen molar-refractivity contribution in [2.24, 2.45) is 0 Å². The highest BCUT2D eigenvalue weighted by atomic mass is 16.3. The van der Waals surface area contributed by atoms with Gasteiger partial charge in [-0.2, -0.15) is 0 Å². The molecule has 0 aromatic carbocycles. The molecule has 1 rings (SSSR count). The van der Waals surface area contributed by atoms with Gasteiger partial charge in [-0.3, -0.25) is 0 Å². The van der Waals surface area contributed by atoms with Crippen LogP contribution >= 0.6 is 0 Å². The second kappa shape index (κ2) is 9.95. The van der Waals surface area contributed by atoms with Gasteiger partial charge in [0.15, 0.2) is 0 Å². The normalized spacial score (nSPS) is 21.7. The number of allylic oxidation sites excluding steroid dienone is 5. The molecule has 0 bridgehead atoms. The average Bonchev–Trinajstić information content (AvgIpc) is 2.42. The number of hydrogen-bond donors (Lipinski definition) is 1. The molecule has 102 valence electrons.